The molecule has 3 heteroatoms. The van der Waals surface area contributed by atoms with Gasteiger partial charge in [0.15, 0.2) is 0 Å². The Hall–Kier alpha value is -0.150. The highest BCUT2D eigenvalue weighted by atomic mass is 19.1. The van der Waals surface area contributed by atoms with Crippen molar-refractivity contribution in [3.63, 3.8) is 0 Å². The Kier molecular flexibility index (Phi) is 3.39. The Labute approximate surface area is 85.9 Å². The van der Waals surface area contributed by atoms with E-state index in [0.717, 1.165) is 26.2 Å². The van der Waals surface area contributed by atoms with Crippen LogP contribution in [0.5, 0.6) is 0 Å². The Morgan fingerprint density at radius 2 is 2.07 bits per heavy atom. The zero-order valence-corrected chi connectivity index (χ0v) is 8.90. The number of rotatable bonds is 3. The maximum atomic E-state index is 12.1. The Balaban J connectivity index is 1.83. The third-order valence-corrected chi connectivity index (χ3v) is 3.62. The molecule has 1 saturated heterocycles. The van der Waals surface area contributed by atoms with E-state index in [0.29, 0.717) is 12.0 Å². The van der Waals surface area contributed by atoms with E-state index >= 15 is 0 Å². The summed E-state index contributed by atoms with van der Waals surface area (Å²) in [4.78, 5) is 2.43. The van der Waals surface area contributed by atoms with Gasteiger partial charge in [-0.1, -0.05) is 12.8 Å². The van der Waals surface area contributed by atoms with Gasteiger partial charge >= 0.3 is 0 Å². The van der Waals surface area contributed by atoms with Gasteiger partial charge in [0.25, 0.3) is 0 Å². The monoisotopic (exact) mass is 200 g/mol. The number of hydrogen-bond donors (Lipinski definition) is 1. The second-order valence-electron chi connectivity index (χ2n) is 4.73. The SMILES string of the molecule is FCCCN1CCNC2(CCCC2)C1. The lowest BCUT2D eigenvalue weighted by Gasteiger charge is -2.41. The van der Waals surface area contributed by atoms with Crippen molar-refractivity contribution in [1.29, 1.82) is 0 Å². The summed E-state index contributed by atoms with van der Waals surface area (Å²) in [7, 11) is 0. The van der Waals surface area contributed by atoms with Gasteiger partial charge in [-0.15, -0.1) is 0 Å². The molecule has 1 aliphatic heterocycles. The van der Waals surface area contributed by atoms with E-state index in [1.807, 2.05) is 0 Å². The fourth-order valence-electron chi connectivity index (χ4n) is 2.90. The molecule has 1 N–H and O–H groups in total. The zero-order valence-electron chi connectivity index (χ0n) is 8.90. The van der Waals surface area contributed by atoms with Crippen molar-refractivity contribution < 1.29 is 4.39 Å². The van der Waals surface area contributed by atoms with Crippen LogP contribution in [-0.4, -0.2) is 43.3 Å². The summed E-state index contributed by atoms with van der Waals surface area (Å²) in [6.07, 6.45) is 6.07. The van der Waals surface area contributed by atoms with E-state index in [4.69, 9.17) is 0 Å². The van der Waals surface area contributed by atoms with Crippen LogP contribution in [0.25, 0.3) is 0 Å². The van der Waals surface area contributed by atoms with Crippen molar-refractivity contribution >= 4 is 0 Å². The minimum atomic E-state index is -0.170. The minimum Gasteiger partial charge on any atom is -0.309 e. The number of piperazine rings is 1. The van der Waals surface area contributed by atoms with Crippen LogP contribution in [0.1, 0.15) is 32.1 Å². The maximum Gasteiger partial charge on any atom is 0.0906 e. The number of alkyl halides is 1. The molecule has 1 heterocycles. The third kappa shape index (κ3) is 2.26. The Morgan fingerprint density at radius 3 is 2.79 bits per heavy atom. The van der Waals surface area contributed by atoms with Crippen LogP contribution in [0.4, 0.5) is 4.39 Å². The molecule has 1 saturated carbocycles. The van der Waals surface area contributed by atoms with E-state index in [1.54, 1.807) is 0 Å². The number of nitrogens with zero attached hydrogens (tertiary/aromatic N) is 1. The van der Waals surface area contributed by atoms with Crippen LogP contribution in [-0.2, 0) is 0 Å². The molecule has 0 aromatic carbocycles. The summed E-state index contributed by atoms with van der Waals surface area (Å²) in [5.41, 5.74) is 0.397. The van der Waals surface area contributed by atoms with Crippen molar-refractivity contribution in [3.8, 4) is 0 Å². The molecule has 2 aliphatic rings. The van der Waals surface area contributed by atoms with Crippen LogP contribution >= 0.6 is 0 Å². The van der Waals surface area contributed by atoms with Crippen LogP contribution in [0.15, 0.2) is 0 Å². The van der Waals surface area contributed by atoms with Crippen LogP contribution in [0, 0.1) is 0 Å². The van der Waals surface area contributed by atoms with Crippen molar-refractivity contribution in [3.05, 3.63) is 0 Å². The summed E-state index contributed by atoms with van der Waals surface area (Å²) in [6.45, 7) is 4.11. The average molecular weight is 200 g/mol. The van der Waals surface area contributed by atoms with Gasteiger partial charge in [-0.3, -0.25) is 4.39 Å². The first-order valence-corrected chi connectivity index (χ1v) is 5.88. The lowest BCUT2D eigenvalue weighted by molar-refractivity contribution is 0.131. The van der Waals surface area contributed by atoms with Gasteiger partial charge in [0.05, 0.1) is 6.67 Å². The summed E-state index contributed by atoms with van der Waals surface area (Å²) >= 11 is 0. The van der Waals surface area contributed by atoms with E-state index in [-0.39, 0.29) is 6.67 Å². The Bertz CT molecular complexity index is 178. The lowest BCUT2D eigenvalue weighted by atomic mass is 9.94. The van der Waals surface area contributed by atoms with Crippen LogP contribution < -0.4 is 5.32 Å². The molecule has 14 heavy (non-hydrogen) atoms. The van der Waals surface area contributed by atoms with E-state index < -0.39 is 0 Å². The van der Waals surface area contributed by atoms with Crippen molar-refractivity contribution in [2.45, 2.75) is 37.6 Å². The normalized spacial score (nSPS) is 27.2. The molecule has 0 bridgehead atoms. The molecular formula is C11H21FN2. The molecule has 0 aromatic heterocycles. The highest BCUT2D eigenvalue weighted by Crippen LogP contribution is 2.31. The molecule has 0 aromatic rings. The molecule has 2 nitrogen and oxygen atoms in total. The topological polar surface area (TPSA) is 15.3 Å². The van der Waals surface area contributed by atoms with Crippen LogP contribution in [0.2, 0.25) is 0 Å². The highest BCUT2D eigenvalue weighted by molar-refractivity contribution is 4.97. The fourth-order valence-corrected chi connectivity index (χ4v) is 2.90. The van der Waals surface area contributed by atoms with Crippen molar-refractivity contribution in [1.82, 2.24) is 10.2 Å². The van der Waals surface area contributed by atoms with Gasteiger partial charge in [0.1, 0.15) is 0 Å². The van der Waals surface area contributed by atoms with Crippen molar-refractivity contribution in [2.75, 3.05) is 32.9 Å². The first-order valence-electron chi connectivity index (χ1n) is 5.88. The maximum absolute atomic E-state index is 12.1. The molecule has 1 spiro atoms. The summed E-state index contributed by atoms with van der Waals surface area (Å²) < 4.78 is 12.1. The van der Waals surface area contributed by atoms with Crippen molar-refractivity contribution in [2.24, 2.45) is 0 Å². The molecule has 2 rings (SSSR count). The smallest absolute Gasteiger partial charge is 0.0906 e. The highest BCUT2D eigenvalue weighted by Gasteiger charge is 2.37. The minimum absolute atomic E-state index is 0.170. The molecule has 1 aliphatic carbocycles. The van der Waals surface area contributed by atoms with E-state index in [2.05, 4.69) is 10.2 Å². The summed E-state index contributed by atoms with van der Waals surface area (Å²) in [5, 5.41) is 3.67. The Morgan fingerprint density at radius 1 is 1.29 bits per heavy atom. The predicted octanol–water partition coefficient (Wildman–Crippen LogP) is 1.56. The van der Waals surface area contributed by atoms with E-state index in [9.17, 15) is 4.39 Å². The number of halogens is 1. The molecule has 0 unspecified atom stereocenters. The van der Waals surface area contributed by atoms with Gasteiger partial charge in [0, 0.05) is 31.7 Å². The van der Waals surface area contributed by atoms with Gasteiger partial charge in [-0.2, -0.15) is 0 Å². The van der Waals surface area contributed by atoms with Gasteiger partial charge in [-0.25, -0.2) is 0 Å². The molecule has 2 fully saturated rings. The van der Waals surface area contributed by atoms with Gasteiger partial charge in [0.2, 0.25) is 0 Å². The first kappa shape index (κ1) is 10.4. The first-order chi connectivity index (χ1) is 6.85. The average Bonchev–Trinajstić information content (AvgIpc) is 2.63. The zero-order chi connectivity index (χ0) is 9.86. The van der Waals surface area contributed by atoms with Gasteiger partial charge < -0.3 is 10.2 Å². The molecule has 0 atom stereocenters. The second-order valence-corrected chi connectivity index (χ2v) is 4.73. The predicted molar refractivity (Wildman–Crippen MR) is 56.2 cm³/mol. The molecule has 0 amide bonds. The number of nitrogens with one attached hydrogen (secondary N) is 1. The largest absolute Gasteiger partial charge is 0.309 e. The summed E-state index contributed by atoms with van der Waals surface area (Å²) in [6, 6.07) is 0. The summed E-state index contributed by atoms with van der Waals surface area (Å²) in [5.74, 6) is 0. The second kappa shape index (κ2) is 4.58. The molecule has 0 radical (unpaired) electrons. The van der Waals surface area contributed by atoms with Crippen LogP contribution in [0.3, 0.4) is 0 Å². The number of hydrogen-bond acceptors (Lipinski definition) is 2. The lowest BCUT2D eigenvalue weighted by Crippen LogP contribution is -2.59. The van der Waals surface area contributed by atoms with E-state index in [1.165, 1.54) is 25.7 Å². The standard InChI is InChI=1S/C11H21FN2/c12-6-3-8-14-9-7-13-11(10-14)4-1-2-5-11/h13H,1-10H2. The quantitative estimate of drug-likeness (QED) is 0.744. The van der Waals surface area contributed by atoms with Gasteiger partial charge in [-0.05, 0) is 19.3 Å². The third-order valence-electron chi connectivity index (χ3n) is 3.62. The molecule has 82 valence electrons. The fraction of sp³-hybridized carbons (Fsp3) is 1.00. The molecular weight excluding hydrogens is 179 g/mol.